The summed E-state index contributed by atoms with van der Waals surface area (Å²) in [5.41, 5.74) is 1.88. The molecule has 3 rings (SSSR count). The molecule has 1 unspecified atom stereocenters. The minimum Gasteiger partial charge on any atom is -0.459 e. The lowest BCUT2D eigenvalue weighted by Crippen LogP contribution is -2.19. The maximum absolute atomic E-state index is 12.7. The average Bonchev–Trinajstić information content (AvgIpc) is 3.17. The minimum absolute atomic E-state index is 0.156. The molecule has 1 amide bonds. The molecule has 0 saturated heterocycles. The van der Waals surface area contributed by atoms with Crippen LogP contribution in [0.25, 0.3) is 0 Å². The van der Waals surface area contributed by atoms with Crippen molar-refractivity contribution in [3.8, 4) is 0 Å². The fourth-order valence-electron chi connectivity index (χ4n) is 2.79. The summed E-state index contributed by atoms with van der Waals surface area (Å²) in [6.07, 6.45) is 6.05. The topological polar surface area (TPSA) is 84.1 Å². The lowest BCUT2D eigenvalue weighted by atomic mass is 9.95. The van der Waals surface area contributed by atoms with Crippen molar-refractivity contribution in [2.75, 3.05) is 5.32 Å². The van der Waals surface area contributed by atoms with Gasteiger partial charge < -0.3 is 10.1 Å². The number of aromatic nitrogens is 2. The Kier molecular flexibility index (Phi) is 5.58. The van der Waals surface area contributed by atoms with E-state index in [1.807, 2.05) is 13.8 Å². The van der Waals surface area contributed by atoms with Gasteiger partial charge in [-0.05, 0) is 60.5 Å². The van der Waals surface area contributed by atoms with Crippen molar-refractivity contribution in [2.45, 2.75) is 52.1 Å². The molecule has 2 aromatic rings. The second-order valence-corrected chi connectivity index (χ2v) is 8.05. The van der Waals surface area contributed by atoms with E-state index in [4.69, 9.17) is 4.74 Å². The summed E-state index contributed by atoms with van der Waals surface area (Å²) in [7, 11) is 0. The Bertz CT molecular complexity index is 799. The summed E-state index contributed by atoms with van der Waals surface area (Å²) in [5, 5.41) is 9.92. The number of nitrogens with one attached hydrogen (secondary N) is 2. The number of carbonyl (C=O) groups is 2. The number of hydrogen-bond acceptors (Lipinski definition) is 5. The highest BCUT2D eigenvalue weighted by Gasteiger charge is 2.28. The molecule has 134 valence electrons. The zero-order valence-electron chi connectivity index (χ0n) is 14.1. The van der Waals surface area contributed by atoms with E-state index in [1.54, 1.807) is 0 Å². The molecule has 2 aromatic heterocycles. The van der Waals surface area contributed by atoms with Crippen LogP contribution in [0.15, 0.2) is 10.7 Å². The molecule has 1 aliphatic rings. The molecule has 6 nitrogen and oxygen atoms in total. The van der Waals surface area contributed by atoms with Crippen LogP contribution < -0.4 is 5.32 Å². The number of ether oxygens (including phenoxy) is 1. The van der Waals surface area contributed by atoms with Crippen LogP contribution in [-0.4, -0.2) is 28.2 Å². The molecular formula is C17H20BrN3O3S. The molecule has 0 bridgehead atoms. The molecule has 0 radical (unpaired) electrons. The lowest BCUT2D eigenvalue weighted by Gasteiger charge is -2.15. The van der Waals surface area contributed by atoms with Crippen LogP contribution in [0.3, 0.4) is 0 Å². The first-order valence-electron chi connectivity index (χ1n) is 8.37. The second-order valence-electron chi connectivity index (χ2n) is 6.09. The predicted octanol–water partition coefficient (Wildman–Crippen LogP) is 4.32. The quantitative estimate of drug-likeness (QED) is 0.698. The zero-order valence-corrected chi connectivity index (χ0v) is 16.6. The van der Waals surface area contributed by atoms with Gasteiger partial charge in [0.2, 0.25) is 0 Å². The molecule has 25 heavy (non-hydrogen) atoms. The first-order chi connectivity index (χ1) is 12.0. The summed E-state index contributed by atoms with van der Waals surface area (Å²) in [5.74, 6) is -0.687. The van der Waals surface area contributed by atoms with Crippen molar-refractivity contribution in [3.05, 3.63) is 32.4 Å². The third-order valence-corrected chi connectivity index (χ3v) is 6.11. The van der Waals surface area contributed by atoms with Gasteiger partial charge in [0, 0.05) is 4.88 Å². The zero-order chi connectivity index (χ0) is 18.0. The molecule has 0 aliphatic heterocycles. The number of halogens is 1. The van der Waals surface area contributed by atoms with E-state index in [1.165, 1.54) is 22.4 Å². The molecule has 0 aromatic carbocycles. The molecule has 2 heterocycles. The summed E-state index contributed by atoms with van der Waals surface area (Å²) >= 11 is 4.76. The Balaban J connectivity index is 1.92. The van der Waals surface area contributed by atoms with Crippen molar-refractivity contribution in [1.82, 2.24) is 10.2 Å². The maximum Gasteiger partial charge on any atom is 0.341 e. The number of esters is 1. The van der Waals surface area contributed by atoms with Gasteiger partial charge in [-0.1, -0.05) is 6.92 Å². The van der Waals surface area contributed by atoms with Crippen molar-refractivity contribution in [3.63, 3.8) is 0 Å². The number of thiophene rings is 1. The Labute approximate surface area is 158 Å². The smallest absolute Gasteiger partial charge is 0.341 e. The molecule has 1 atom stereocenters. The molecule has 1 aliphatic carbocycles. The summed E-state index contributed by atoms with van der Waals surface area (Å²) in [4.78, 5) is 26.4. The summed E-state index contributed by atoms with van der Waals surface area (Å²) in [6.45, 7) is 3.84. The van der Waals surface area contributed by atoms with Crippen LogP contribution in [0.4, 0.5) is 5.00 Å². The summed E-state index contributed by atoms with van der Waals surface area (Å²) < 4.78 is 6.11. The van der Waals surface area contributed by atoms with Crippen LogP contribution in [-0.2, 0) is 17.6 Å². The number of aromatic amines is 1. The van der Waals surface area contributed by atoms with E-state index >= 15 is 0 Å². The van der Waals surface area contributed by atoms with Gasteiger partial charge in [0.05, 0.1) is 22.3 Å². The molecule has 2 N–H and O–H groups in total. The van der Waals surface area contributed by atoms with Gasteiger partial charge in [0.25, 0.3) is 5.91 Å². The fourth-order valence-corrected chi connectivity index (χ4v) is 4.43. The highest BCUT2D eigenvalue weighted by atomic mass is 79.9. The SMILES string of the molecule is CCC(C)OC(=O)c1c(NC(=O)c2[nH]ncc2Br)sc2c1CCCC2. The third kappa shape index (κ3) is 3.79. The van der Waals surface area contributed by atoms with Gasteiger partial charge in [-0.15, -0.1) is 11.3 Å². The Hall–Kier alpha value is -1.67. The molecule has 0 saturated carbocycles. The highest BCUT2D eigenvalue weighted by Crippen LogP contribution is 2.39. The highest BCUT2D eigenvalue weighted by molar-refractivity contribution is 9.10. The minimum atomic E-state index is -0.354. The third-order valence-electron chi connectivity index (χ3n) is 4.31. The molecule has 8 heteroatoms. The number of anilines is 1. The monoisotopic (exact) mass is 425 g/mol. The lowest BCUT2D eigenvalue weighted by molar-refractivity contribution is 0.0335. The van der Waals surface area contributed by atoms with E-state index in [2.05, 4.69) is 31.4 Å². The number of nitrogens with zero attached hydrogens (tertiary/aromatic N) is 1. The number of H-pyrrole nitrogens is 1. The van der Waals surface area contributed by atoms with Crippen LogP contribution in [0.5, 0.6) is 0 Å². The number of amides is 1. The van der Waals surface area contributed by atoms with Gasteiger partial charge in [-0.3, -0.25) is 9.89 Å². The number of fused-ring (bicyclic) bond motifs is 1. The molecule has 0 spiro atoms. The van der Waals surface area contributed by atoms with Gasteiger partial charge in [0.15, 0.2) is 0 Å². The van der Waals surface area contributed by atoms with Gasteiger partial charge in [0.1, 0.15) is 10.7 Å². The number of aryl methyl sites for hydroxylation is 1. The van der Waals surface area contributed by atoms with Crippen LogP contribution in [0.2, 0.25) is 0 Å². The van der Waals surface area contributed by atoms with Crippen molar-refractivity contribution >= 4 is 44.1 Å². The fraction of sp³-hybridized carbons (Fsp3) is 0.471. The van der Waals surface area contributed by atoms with Gasteiger partial charge in [-0.2, -0.15) is 5.10 Å². The van der Waals surface area contributed by atoms with Gasteiger partial charge in [-0.25, -0.2) is 4.79 Å². The van der Waals surface area contributed by atoms with E-state index in [0.29, 0.717) is 20.7 Å². The second kappa shape index (κ2) is 7.70. The Morgan fingerprint density at radius 1 is 1.44 bits per heavy atom. The largest absolute Gasteiger partial charge is 0.459 e. The maximum atomic E-state index is 12.7. The Morgan fingerprint density at radius 3 is 2.88 bits per heavy atom. The van der Waals surface area contributed by atoms with E-state index in [9.17, 15) is 9.59 Å². The first-order valence-corrected chi connectivity index (χ1v) is 9.98. The number of carbonyl (C=O) groups excluding carboxylic acids is 2. The van der Waals surface area contributed by atoms with E-state index in [0.717, 1.165) is 37.7 Å². The number of hydrogen-bond donors (Lipinski definition) is 2. The van der Waals surface area contributed by atoms with Crippen LogP contribution >= 0.6 is 27.3 Å². The standard InChI is InChI=1S/C17H20BrN3O3S/c1-3-9(2)24-17(23)13-10-6-4-5-7-12(10)25-16(13)20-15(22)14-11(18)8-19-21-14/h8-9H,3-7H2,1-2H3,(H,19,21)(H,20,22). The molecule has 0 fully saturated rings. The van der Waals surface area contributed by atoms with E-state index < -0.39 is 0 Å². The number of rotatable bonds is 5. The van der Waals surface area contributed by atoms with Gasteiger partial charge >= 0.3 is 5.97 Å². The van der Waals surface area contributed by atoms with Crippen LogP contribution in [0, 0.1) is 0 Å². The van der Waals surface area contributed by atoms with Crippen molar-refractivity contribution < 1.29 is 14.3 Å². The normalized spacial score (nSPS) is 14.7. The average molecular weight is 426 g/mol. The predicted molar refractivity (Wildman–Crippen MR) is 100 cm³/mol. The van der Waals surface area contributed by atoms with Crippen molar-refractivity contribution in [2.24, 2.45) is 0 Å². The van der Waals surface area contributed by atoms with E-state index in [-0.39, 0.29) is 18.0 Å². The van der Waals surface area contributed by atoms with Crippen LogP contribution in [0.1, 0.15) is 64.4 Å². The Morgan fingerprint density at radius 2 is 2.20 bits per heavy atom. The molecular weight excluding hydrogens is 406 g/mol. The first kappa shape index (κ1) is 18.1. The summed E-state index contributed by atoms with van der Waals surface area (Å²) in [6, 6.07) is 0. The van der Waals surface area contributed by atoms with Crippen molar-refractivity contribution in [1.29, 1.82) is 0 Å².